The molecule has 1 saturated heterocycles. The molecule has 0 spiro atoms. The van der Waals surface area contributed by atoms with Crippen molar-refractivity contribution in [2.75, 3.05) is 17.9 Å². The number of benzene rings is 2. The molecular formula is C20H23ClN2O4S. The fourth-order valence-electron chi connectivity index (χ4n) is 2.98. The first-order chi connectivity index (χ1) is 13.3. The number of anilines is 1. The second-order valence-corrected chi connectivity index (χ2v) is 8.95. The Bertz CT molecular complexity index is 986. The van der Waals surface area contributed by atoms with Gasteiger partial charge < -0.3 is 10.1 Å². The number of rotatable bonds is 6. The van der Waals surface area contributed by atoms with Crippen LogP contribution in [0.3, 0.4) is 0 Å². The van der Waals surface area contributed by atoms with E-state index in [1.54, 1.807) is 12.1 Å². The maximum atomic E-state index is 12.8. The van der Waals surface area contributed by atoms with Crippen molar-refractivity contribution in [3.8, 4) is 0 Å². The van der Waals surface area contributed by atoms with Crippen molar-refractivity contribution in [3.05, 3.63) is 58.1 Å². The van der Waals surface area contributed by atoms with Crippen LogP contribution >= 0.6 is 11.6 Å². The van der Waals surface area contributed by atoms with Gasteiger partial charge in [-0.1, -0.05) is 17.7 Å². The van der Waals surface area contributed by atoms with Crippen molar-refractivity contribution in [2.45, 2.75) is 37.7 Å². The van der Waals surface area contributed by atoms with E-state index in [4.69, 9.17) is 16.3 Å². The molecule has 1 aliphatic rings. The van der Waals surface area contributed by atoms with E-state index in [-0.39, 0.29) is 27.5 Å². The van der Waals surface area contributed by atoms with Gasteiger partial charge in [-0.15, -0.1) is 0 Å². The highest BCUT2D eigenvalue weighted by atomic mass is 35.5. The molecule has 0 saturated carbocycles. The van der Waals surface area contributed by atoms with Crippen molar-refractivity contribution >= 4 is 33.2 Å². The van der Waals surface area contributed by atoms with Gasteiger partial charge in [0, 0.05) is 24.4 Å². The summed E-state index contributed by atoms with van der Waals surface area (Å²) in [5.41, 5.74) is 2.69. The summed E-state index contributed by atoms with van der Waals surface area (Å²) in [6.07, 6.45) is 1.89. The van der Waals surface area contributed by atoms with Crippen molar-refractivity contribution < 1.29 is 17.9 Å². The Morgan fingerprint density at radius 2 is 1.96 bits per heavy atom. The van der Waals surface area contributed by atoms with E-state index in [0.29, 0.717) is 18.8 Å². The number of nitrogens with one attached hydrogen (secondary N) is 2. The number of carbonyl (C=O) groups excluding carboxylic acids is 1. The standard InChI is InChI=1S/C20H23ClN2O4S/c1-13-5-7-16(10-14(13)2)23-28(25,26)19-11-15(6-8-18(19)21)20(24)22-12-17-4-3-9-27-17/h5-8,10-11,17,23H,3-4,9,12H2,1-2H3,(H,22,24)/t17-/m1/s1. The van der Waals surface area contributed by atoms with Crippen LogP contribution in [0.2, 0.25) is 5.02 Å². The number of hydrogen-bond donors (Lipinski definition) is 2. The third-order valence-electron chi connectivity index (χ3n) is 4.76. The van der Waals surface area contributed by atoms with Gasteiger partial charge in [-0.2, -0.15) is 0 Å². The quantitative estimate of drug-likeness (QED) is 0.743. The Morgan fingerprint density at radius 3 is 2.64 bits per heavy atom. The number of amides is 1. The van der Waals surface area contributed by atoms with Crippen LogP contribution in [0.1, 0.15) is 34.3 Å². The molecule has 1 atom stereocenters. The molecule has 8 heteroatoms. The van der Waals surface area contributed by atoms with E-state index in [9.17, 15) is 13.2 Å². The lowest BCUT2D eigenvalue weighted by molar-refractivity contribution is 0.0857. The Balaban J connectivity index is 1.79. The third kappa shape index (κ3) is 4.84. The van der Waals surface area contributed by atoms with Crippen LogP contribution in [-0.2, 0) is 14.8 Å². The molecule has 0 radical (unpaired) electrons. The van der Waals surface area contributed by atoms with Crippen molar-refractivity contribution in [2.24, 2.45) is 0 Å². The van der Waals surface area contributed by atoms with Gasteiger partial charge in [-0.25, -0.2) is 8.42 Å². The zero-order valence-electron chi connectivity index (χ0n) is 15.8. The maximum absolute atomic E-state index is 12.8. The van der Waals surface area contributed by atoms with E-state index in [1.165, 1.54) is 18.2 Å². The van der Waals surface area contributed by atoms with Crippen LogP contribution in [-0.4, -0.2) is 33.6 Å². The molecule has 1 heterocycles. The molecule has 2 aromatic carbocycles. The van der Waals surface area contributed by atoms with Crippen LogP contribution in [0.4, 0.5) is 5.69 Å². The van der Waals surface area contributed by atoms with Crippen LogP contribution in [0.15, 0.2) is 41.3 Å². The predicted octanol–water partition coefficient (Wildman–Crippen LogP) is 3.67. The second-order valence-electron chi connectivity index (χ2n) is 6.89. The fraction of sp³-hybridized carbons (Fsp3) is 0.350. The summed E-state index contributed by atoms with van der Waals surface area (Å²) >= 11 is 6.12. The molecule has 1 fully saturated rings. The Morgan fingerprint density at radius 1 is 1.18 bits per heavy atom. The number of carbonyl (C=O) groups is 1. The highest BCUT2D eigenvalue weighted by molar-refractivity contribution is 7.92. The summed E-state index contributed by atoms with van der Waals surface area (Å²) in [6.45, 7) is 4.95. The molecule has 150 valence electrons. The highest BCUT2D eigenvalue weighted by Gasteiger charge is 2.22. The van der Waals surface area contributed by atoms with Crippen LogP contribution in [0.25, 0.3) is 0 Å². The Labute approximate surface area is 170 Å². The lowest BCUT2D eigenvalue weighted by Crippen LogP contribution is -2.31. The molecule has 0 aromatic heterocycles. The van der Waals surface area contributed by atoms with Gasteiger partial charge in [-0.05, 0) is 68.1 Å². The normalized spacial score (nSPS) is 16.8. The minimum atomic E-state index is -3.95. The van der Waals surface area contributed by atoms with Gasteiger partial charge in [0.25, 0.3) is 15.9 Å². The summed E-state index contributed by atoms with van der Waals surface area (Å²) in [6, 6.07) is 9.48. The van der Waals surface area contributed by atoms with E-state index < -0.39 is 10.0 Å². The van der Waals surface area contributed by atoms with Gasteiger partial charge in [-0.3, -0.25) is 9.52 Å². The van der Waals surface area contributed by atoms with E-state index in [1.807, 2.05) is 19.9 Å². The van der Waals surface area contributed by atoms with Crippen molar-refractivity contribution in [1.82, 2.24) is 5.32 Å². The van der Waals surface area contributed by atoms with Crippen LogP contribution in [0.5, 0.6) is 0 Å². The monoisotopic (exact) mass is 422 g/mol. The average Bonchev–Trinajstić information content (AvgIpc) is 3.16. The second kappa shape index (κ2) is 8.51. The number of aryl methyl sites for hydroxylation is 2. The van der Waals surface area contributed by atoms with E-state index in [2.05, 4.69) is 10.0 Å². The van der Waals surface area contributed by atoms with E-state index in [0.717, 1.165) is 24.0 Å². The van der Waals surface area contributed by atoms with Gasteiger partial charge in [0.05, 0.1) is 11.1 Å². The lowest BCUT2D eigenvalue weighted by Gasteiger charge is -2.13. The van der Waals surface area contributed by atoms with E-state index >= 15 is 0 Å². The molecule has 3 rings (SSSR count). The number of sulfonamides is 1. The molecule has 2 aromatic rings. The summed E-state index contributed by atoms with van der Waals surface area (Å²) in [5.74, 6) is -0.366. The molecule has 0 bridgehead atoms. The minimum absolute atomic E-state index is 0.00546. The summed E-state index contributed by atoms with van der Waals surface area (Å²) in [7, 11) is -3.95. The Kier molecular flexibility index (Phi) is 6.27. The van der Waals surface area contributed by atoms with Gasteiger partial charge in [0.1, 0.15) is 4.90 Å². The summed E-state index contributed by atoms with van der Waals surface area (Å²) in [4.78, 5) is 12.3. The third-order valence-corrected chi connectivity index (χ3v) is 6.62. The molecule has 1 amide bonds. The van der Waals surface area contributed by atoms with Gasteiger partial charge >= 0.3 is 0 Å². The van der Waals surface area contributed by atoms with Gasteiger partial charge in [0.2, 0.25) is 0 Å². The smallest absolute Gasteiger partial charge is 0.263 e. The first kappa shape index (κ1) is 20.6. The largest absolute Gasteiger partial charge is 0.376 e. The molecule has 0 aliphatic carbocycles. The first-order valence-corrected chi connectivity index (χ1v) is 10.9. The zero-order valence-corrected chi connectivity index (χ0v) is 17.4. The lowest BCUT2D eigenvalue weighted by atomic mass is 10.1. The summed E-state index contributed by atoms with van der Waals surface area (Å²) in [5, 5.41) is 2.83. The summed E-state index contributed by atoms with van der Waals surface area (Å²) < 4.78 is 33.6. The average molecular weight is 423 g/mol. The SMILES string of the molecule is Cc1ccc(NS(=O)(=O)c2cc(C(=O)NC[C@H]3CCCO3)ccc2Cl)cc1C. The number of hydrogen-bond acceptors (Lipinski definition) is 4. The zero-order chi connectivity index (χ0) is 20.3. The van der Waals surface area contributed by atoms with Gasteiger partial charge in [0.15, 0.2) is 0 Å². The van der Waals surface area contributed by atoms with Crippen molar-refractivity contribution in [3.63, 3.8) is 0 Å². The Hall–Kier alpha value is -2.09. The van der Waals surface area contributed by atoms with Crippen LogP contribution in [0, 0.1) is 13.8 Å². The topological polar surface area (TPSA) is 84.5 Å². The molecule has 1 aliphatic heterocycles. The molecule has 28 heavy (non-hydrogen) atoms. The predicted molar refractivity (Wildman–Crippen MR) is 109 cm³/mol. The fourth-order valence-corrected chi connectivity index (χ4v) is 4.56. The molecular weight excluding hydrogens is 400 g/mol. The molecule has 6 nitrogen and oxygen atoms in total. The van der Waals surface area contributed by atoms with Crippen LogP contribution < -0.4 is 10.0 Å². The van der Waals surface area contributed by atoms with Crippen molar-refractivity contribution in [1.29, 1.82) is 0 Å². The number of halogens is 1. The maximum Gasteiger partial charge on any atom is 0.263 e. The molecule has 2 N–H and O–H groups in total. The minimum Gasteiger partial charge on any atom is -0.376 e. The molecule has 0 unspecified atom stereocenters. The number of ether oxygens (including phenoxy) is 1. The highest BCUT2D eigenvalue weighted by Crippen LogP contribution is 2.26. The first-order valence-electron chi connectivity index (χ1n) is 9.06.